The Balaban J connectivity index is 2.72. The maximum Gasteiger partial charge on any atom is 0.107 e. The van der Waals surface area contributed by atoms with Gasteiger partial charge in [-0.25, -0.2) is 0 Å². The van der Waals surface area contributed by atoms with E-state index in [2.05, 4.69) is 12.8 Å². The summed E-state index contributed by atoms with van der Waals surface area (Å²) in [6, 6.07) is 0. The van der Waals surface area contributed by atoms with Crippen molar-refractivity contribution in [2.45, 2.75) is 13.3 Å². The molecule has 2 heteroatoms. The second-order valence-electron chi connectivity index (χ2n) is 1.87. The summed E-state index contributed by atoms with van der Waals surface area (Å²) in [4.78, 5) is 0. The first-order chi connectivity index (χ1) is 4.91. The highest BCUT2D eigenvalue weighted by atomic mass is 16.5. The molecule has 0 radical (unpaired) electrons. The van der Waals surface area contributed by atoms with Crippen LogP contribution in [0.15, 0.2) is 0 Å². The Hall–Kier alpha value is -0.520. The first-order valence-electron chi connectivity index (χ1n) is 3.50. The van der Waals surface area contributed by atoms with E-state index in [-0.39, 0.29) is 0 Å². The zero-order chi connectivity index (χ0) is 7.66. The molecule has 0 atom stereocenters. The number of hydrogen-bond donors (Lipinski definition) is 0. The third kappa shape index (κ3) is 7.48. The summed E-state index contributed by atoms with van der Waals surface area (Å²) in [6.45, 7) is 4.51. The minimum absolute atomic E-state index is 0.384. The van der Waals surface area contributed by atoms with Crippen LogP contribution in [-0.2, 0) is 9.47 Å². The van der Waals surface area contributed by atoms with Crippen molar-refractivity contribution in [1.29, 1.82) is 0 Å². The Labute approximate surface area is 62.5 Å². The lowest BCUT2D eigenvalue weighted by molar-refractivity contribution is 0.0604. The average molecular weight is 142 g/mol. The second-order valence-corrected chi connectivity index (χ2v) is 1.87. The Morgan fingerprint density at radius 2 is 1.90 bits per heavy atom. The van der Waals surface area contributed by atoms with Crippen LogP contribution in [-0.4, -0.2) is 26.4 Å². The standard InChI is InChI=1S/C8H14O2/c1-3-5-9-7-8-10-6-4-2/h1H,4-8H2,2H3. The molecule has 0 aliphatic heterocycles. The topological polar surface area (TPSA) is 18.5 Å². The van der Waals surface area contributed by atoms with E-state index in [0.29, 0.717) is 19.8 Å². The Morgan fingerprint density at radius 3 is 2.50 bits per heavy atom. The minimum Gasteiger partial charge on any atom is -0.379 e. The van der Waals surface area contributed by atoms with Gasteiger partial charge in [0.05, 0.1) is 13.2 Å². The molecule has 0 aromatic rings. The first kappa shape index (κ1) is 9.48. The quantitative estimate of drug-likeness (QED) is 0.408. The number of hydrogen-bond acceptors (Lipinski definition) is 2. The van der Waals surface area contributed by atoms with E-state index < -0.39 is 0 Å². The van der Waals surface area contributed by atoms with E-state index >= 15 is 0 Å². The predicted octanol–water partition coefficient (Wildman–Crippen LogP) is 1.06. The molecule has 0 spiro atoms. The van der Waals surface area contributed by atoms with Crippen molar-refractivity contribution in [3.8, 4) is 12.3 Å². The van der Waals surface area contributed by atoms with Gasteiger partial charge < -0.3 is 9.47 Å². The molecule has 0 rings (SSSR count). The summed E-state index contributed by atoms with van der Waals surface area (Å²) >= 11 is 0. The Morgan fingerprint density at radius 1 is 1.20 bits per heavy atom. The van der Waals surface area contributed by atoms with Crippen LogP contribution < -0.4 is 0 Å². The molecular formula is C8H14O2. The number of ether oxygens (including phenoxy) is 2. The van der Waals surface area contributed by atoms with Crippen molar-refractivity contribution < 1.29 is 9.47 Å². The van der Waals surface area contributed by atoms with Crippen LogP contribution in [0.1, 0.15) is 13.3 Å². The normalized spacial score (nSPS) is 9.20. The maximum absolute atomic E-state index is 5.14. The van der Waals surface area contributed by atoms with Crippen LogP contribution >= 0.6 is 0 Å². The summed E-state index contributed by atoms with van der Waals surface area (Å²) in [7, 11) is 0. The highest BCUT2D eigenvalue weighted by molar-refractivity contribution is 4.82. The Bertz CT molecular complexity index is 93.9. The average Bonchev–Trinajstić information content (AvgIpc) is 1.97. The molecule has 0 aromatic carbocycles. The fraction of sp³-hybridized carbons (Fsp3) is 0.750. The van der Waals surface area contributed by atoms with Gasteiger partial charge in [-0.1, -0.05) is 12.8 Å². The van der Waals surface area contributed by atoms with Crippen LogP contribution in [0.5, 0.6) is 0 Å². The fourth-order valence-electron chi connectivity index (χ4n) is 0.495. The van der Waals surface area contributed by atoms with E-state index in [9.17, 15) is 0 Å². The van der Waals surface area contributed by atoms with Crippen LogP contribution in [0.3, 0.4) is 0 Å². The zero-order valence-electron chi connectivity index (χ0n) is 6.43. The van der Waals surface area contributed by atoms with Crippen LogP contribution in [0.4, 0.5) is 0 Å². The number of terminal acetylenes is 1. The van der Waals surface area contributed by atoms with Gasteiger partial charge in [-0.15, -0.1) is 6.42 Å². The van der Waals surface area contributed by atoms with Crippen LogP contribution in [0.2, 0.25) is 0 Å². The van der Waals surface area contributed by atoms with Crippen LogP contribution in [0, 0.1) is 12.3 Å². The van der Waals surface area contributed by atoms with Crippen LogP contribution in [0.25, 0.3) is 0 Å². The van der Waals surface area contributed by atoms with Gasteiger partial charge >= 0.3 is 0 Å². The molecular weight excluding hydrogens is 128 g/mol. The molecule has 2 nitrogen and oxygen atoms in total. The third-order valence-electron chi connectivity index (χ3n) is 0.906. The van der Waals surface area contributed by atoms with Crippen molar-refractivity contribution in [1.82, 2.24) is 0 Å². The lowest BCUT2D eigenvalue weighted by Crippen LogP contribution is -2.04. The van der Waals surface area contributed by atoms with Crippen molar-refractivity contribution >= 4 is 0 Å². The molecule has 0 amide bonds. The molecule has 0 unspecified atom stereocenters. The van der Waals surface area contributed by atoms with E-state index in [1.54, 1.807) is 0 Å². The fourth-order valence-corrected chi connectivity index (χ4v) is 0.495. The van der Waals surface area contributed by atoms with Gasteiger partial charge in [-0.2, -0.15) is 0 Å². The zero-order valence-corrected chi connectivity index (χ0v) is 6.43. The first-order valence-corrected chi connectivity index (χ1v) is 3.50. The molecule has 0 N–H and O–H groups in total. The van der Waals surface area contributed by atoms with Gasteiger partial charge in [-0.05, 0) is 6.42 Å². The van der Waals surface area contributed by atoms with E-state index in [1.807, 2.05) is 0 Å². The van der Waals surface area contributed by atoms with Crippen molar-refractivity contribution in [2.24, 2.45) is 0 Å². The summed E-state index contributed by atoms with van der Waals surface area (Å²) in [5.41, 5.74) is 0. The minimum atomic E-state index is 0.384. The molecule has 0 bridgehead atoms. The van der Waals surface area contributed by atoms with Gasteiger partial charge in [-0.3, -0.25) is 0 Å². The molecule has 0 heterocycles. The second kappa shape index (κ2) is 8.48. The molecule has 0 saturated carbocycles. The summed E-state index contributed by atoms with van der Waals surface area (Å²) < 4.78 is 10.1. The van der Waals surface area contributed by atoms with Crippen molar-refractivity contribution in [2.75, 3.05) is 26.4 Å². The maximum atomic E-state index is 5.14. The molecule has 0 saturated heterocycles. The van der Waals surface area contributed by atoms with Gasteiger partial charge in [0.25, 0.3) is 0 Å². The van der Waals surface area contributed by atoms with E-state index in [1.165, 1.54) is 0 Å². The third-order valence-corrected chi connectivity index (χ3v) is 0.906. The molecule has 0 aromatic heterocycles. The summed E-state index contributed by atoms with van der Waals surface area (Å²) in [5.74, 6) is 2.38. The highest BCUT2D eigenvalue weighted by Gasteiger charge is 1.84. The molecule has 0 fully saturated rings. The Kier molecular flexibility index (Phi) is 8.04. The van der Waals surface area contributed by atoms with Crippen molar-refractivity contribution in [3.63, 3.8) is 0 Å². The smallest absolute Gasteiger partial charge is 0.107 e. The van der Waals surface area contributed by atoms with Crippen molar-refractivity contribution in [3.05, 3.63) is 0 Å². The van der Waals surface area contributed by atoms with Gasteiger partial charge in [0, 0.05) is 6.61 Å². The molecule has 0 aliphatic carbocycles. The lowest BCUT2D eigenvalue weighted by atomic mass is 10.5. The largest absolute Gasteiger partial charge is 0.379 e. The lowest BCUT2D eigenvalue weighted by Gasteiger charge is -2.00. The summed E-state index contributed by atoms with van der Waals surface area (Å²) in [6.07, 6.45) is 6.00. The van der Waals surface area contributed by atoms with E-state index in [0.717, 1.165) is 13.0 Å². The van der Waals surface area contributed by atoms with Gasteiger partial charge in [0.1, 0.15) is 6.61 Å². The predicted molar refractivity (Wildman–Crippen MR) is 40.8 cm³/mol. The van der Waals surface area contributed by atoms with E-state index in [4.69, 9.17) is 15.9 Å². The monoisotopic (exact) mass is 142 g/mol. The summed E-state index contributed by atoms with van der Waals surface area (Å²) in [5, 5.41) is 0. The molecule has 0 aliphatic rings. The molecule has 58 valence electrons. The number of rotatable bonds is 6. The van der Waals surface area contributed by atoms with Gasteiger partial charge in [0.2, 0.25) is 0 Å². The SMILES string of the molecule is C#CCOCCOCCC. The van der Waals surface area contributed by atoms with Gasteiger partial charge in [0.15, 0.2) is 0 Å². The molecule has 10 heavy (non-hydrogen) atoms. The highest BCUT2D eigenvalue weighted by Crippen LogP contribution is 1.80.